The van der Waals surface area contributed by atoms with Gasteiger partial charge in [-0.25, -0.2) is 0 Å². The maximum atomic E-state index is 6.46. The van der Waals surface area contributed by atoms with Crippen LogP contribution in [0.5, 0.6) is 0 Å². The van der Waals surface area contributed by atoms with Gasteiger partial charge in [0.05, 0.1) is 5.69 Å². The number of rotatable bonds is 7. The zero-order chi connectivity index (χ0) is 37.7. The van der Waals surface area contributed by atoms with Gasteiger partial charge in [-0.15, -0.1) is 11.3 Å². The first-order valence-corrected chi connectivity index (χ1v) is 20.2. The van der Waals surface area contributed by atoms with E-state index in [1.54, 1.807) is 0 Å². The second kappa shape index (κ2) is 13.8. The lowest BCUT2D eigenvalue weighted by Crippen LogP contribution is -2.11. The van der Waals surface area contributed by atoms with Crippen molar-refractivity contribution >= 4 is 70.5 Å². The summed E-state index contributed by atoms with van der Waals surface area (Å²) in [6.07, 6.45) is 0. The molecule has 0 saturated heterocycles. The number of benzene rings is 9. The van der Waals surface area contributed by atoms with Crippen molar-refractivity contribution < 1.29 is 4.42 Å². The van der Waals surface area contributed by atoms with Gasteiger partial charge in [-0.1, -0.05) is 170 Å². The van der Waals surface area contributed by atoms with Crippen LogP contribution < -0.4 is 4.90 Å². The number of para-hydroxylation sites is 3. The molecular weight excluding hydrogens is 711 g/mol. The summed E-state index contributed by atoms with van der Waals surface area (Å²) < 4.78 is 9.02. The Labute approximate surface area is 335 Å². The largest absolute Gasteiger partial charge is 0.455 e. The molecule has 11 aromatic rings. The molecule has 0 spiro atoms. The molecular formula is C54H35NOS. The van der Waals surface area contributed by atoms with E-state index in [9.17, 15) is 0 Å². The highest BCUT2D eigenvalue weighted by molar-refractivity contribution is 7.25. The van der Waals surface area contributed by atoms with Crippen molar-refractivity contribution in [1.82, 2.24) is 0 Å². The zero-order valence-electron chi connectivity index (χ0n) is 31.0. The van der Waals surface area contributed by atoms with Crippen molar-refractivity contribution in [2.75, 3.05) is 4.90 Å². The molecule has 0 bridgehead atoms. The number of hydrogen-bond donors (Lipinski definition) is 0. The van der Waals surface area contributed by atoms with E-state index in [1.807, 2.05) is 23.5 Å². The lowest BCUT2D eigenvalue weighted by molar-refractivity contribution is 0.670. The predicted octanol–water partition coefficient (Wildman–Crippen LogP) is 16.1. The van der Waals surface area contributed by atoms with Gasteiger partial charge < -0.3 is 9.32 Å². The number of nitrogens with zero attached hydrogens (tertiary/aromatic N) is 1. The van der Waals surface area contributed by atoms with Gasteiger partial charge in [-0.05, 0) is 75.8 Å². The molecule has 11 rings (SSSR count). The standard InChI is InChI=1S/C54H35NOS/c1-2-15-36(16-3-1)40-17-4-5-18-42(40)43-19-6-7-20-44(43)45-21-8-11-26-50(45)55(39-33-34-48-47-23-10-13-28-52(47)57-53(48)35-39)38-31-29-37(30-32-38)41-24-14-25-49-46-22-9-12-27-51(46)56-54(41)49/h1-35H. The van der Waals surface area contributed by atoms with E-state index in [2.05, 4.69) is 205 Å². The Morgan fingerprint density at radius 2 is 0.877 bits per heavy atom. The molecule has 0 radical (unpaired) electrons. The molecule has 0 fully saturated rings. The zero-order valence-corrected chi connectivity index (χ0v) is 31.8. The Morgan fingerprint density at radius 1 is 0.333 bits per heavy atom. The summed E-state index contributed by atoms with van der Waals surface area (Å²) >= 11 is 1.85. The van der Waals surface area contributed by atoms with Crippen molar-refractivity contribution in [1.29, 1.82) is 0 Å². The highest BCUT2D eigenvalue weighted by Gasteiger charge is 2.21. The average molecular weight is 746 g/mol. The number of anilines is 3. The van der Waals surface area contributed by atoms with Crippen LogP contribution in [0.2, 0.25) is 0 Å². The fourth-order valence-corrected chi connectivity index (χ4v) is 9.62. The number of thiophene rings is 1. The van der Waals surface area contributed by atoms with E-state index in [4.69, 9.17) is 4.42 Å². The fourth-order valence-electron chi connectivity index (χ4n) is 8.48. The summed E-state index contributed by atoms with van der Waals surface area (Å²) in [6, 6.07) is 76.4. The van der Waals surface area contributed by atoms with Crippen LogP contribution in [0.1, 0.15) is 0 Å². The minimum atomic E-state index is 0.905. The summed E-state index contributed by atoms with van der Waals surface area (Å²) in [4.78, 5) is 2.42. The molecule has 0 amide bonds. The molecule has 0 saturated carbocycles. The normalized spacial score (nSPS) is 11.5. The Morgan fingerprint density at radius 3 is 1.68 bits per heavy atom. The number of fused-ring (bicyclic) bond motifs is 6. The van der Waals surface area contributed by atoms with Crippen molar-refractivity contribution in [3.8, 4) is 44.5 Å². The van der Waals surface area contributed by atoms with Crippen molar-refractivity contribution in [2.45, 2.75) is 0 Å². The molecule has 0 aliphatic rings. The smallest absolute Gasteiger partial charge is 0.143 e. The first kappa shape index (κ1) is 33.2. The predicted molar refractivity (Wildman–Crippen MR) is 243 cm³/mol. The number of furan rings is 1. The van der Waals surface area contributed by atoms with Crippen LogP contribution in [0.25, 0.3) is 86.6 Å². The molecule has 9 aromatic carbocycles. The lowest BCUT2D eigenvalue weighted by Gasteiger charge is -2.29. The van der Waals surface area contributed by atoms with Crippen LogP contribution in [0.3, 0.4) is 0 Å². The van der Waals surface area contributed by atoms with Gasteiger partial charge in [-0.2, -0.15) is 0 Å². The van der Waals surface area contributed by atoms with Crippen LogP contribution >= 0.6 is 11.3 Å². The van der Waals surface area contributed by atoms with Gasteiger partial charge in [0.2, 0.25) is 0 Å². The van der Waals surface area contributed by atoms with Gasteiger partial charge in [0.1, 0.15) is 11.2 Å². The van der Waals surface area contributed by atoms with E-state index in [-0.39, 0.29) is 0 Å². The molecule has 3 heteroatoms. The van der Waals surface area contributed by atoms with E-state index in [1.165, 1.54) is 48.0 Å². The van der Waals surface area contributed by atoms with Crippen LogP contribution in [0.4, 0.5) is 17.1 Å². The topological polar surface area (TPSA) is 16.4 Å². The molecule has 0 N–H and O–H groups in total. The quantitative estimate of drug-likeness (QED) is 0.162. The van der Waals surface area contributed by atoms with Crippen molar-refractivity contribution in [3.05, 3.63) is 212 Å². The first-order valence-electron chi connectivity index (χ1n) is 19.3. The third kappa shape index (κ3) is 5.71. The van der Waals surface area contributed by atoms with Gasteiger partial charge in [-0.3, -0.25) is 0 Å². The second-order valence-corrected chi connectivity index (χ2v) is 15.5. The molecule has 0 aliphatic heterocycles. The summed E-state index contributed by atoms with van der Waals surface area (Å²) in [5, 5.41) is 4.85. The van der Waals surface area contributed by atoms with Gasteiger partial charge in [0, 0.05) is 53.4 Å². The fraction of sp³-hybridized carbons (Fsp3) is 0. The monoisotopic (exact) mass is 745 g/mol. The maximum Gasteiger partial charge on any atom is 0.143 e. The van der Waals surface area contributed by atoms with E-state index in [0.717, 1.165) is 55.7 Å². The summed E-state index contributed by atoms with van der Waals surface area (Å²) in [5.41, 5.74) is 14.4. The maximum absolute atomic E-state index is 6.46. The third-order valence-corrected chi connectivity index (χ3v) is 12.3. The molecule has 2 aromatic heterocycles. The molecule has 0 unspecified atom stereocenters. The summed E-state index contributed by atoms with van der Waals surface area (Å²) in [5.74, 6) is 0. The van der Waals surface area contributed by atoms with E-state index >= 15 is 0 Å². The average Bonchev–Trinajstić information content (AvgIpc) is 3.86. The minimum Gasteiger partial charge on any atom is -0.455 e. The van der Waals surface area contributed by atoms with Crippen LogP contribution in [0, 0.1) is 0 Å². The van der Waals surface area contributed by atoms with Crippen molar-refractivity contribution in [2.24, 2.45) is 0 Å². The SMILES string of the molecule is c1ccc(-c2ccccc2-c2ccccc2-c2ccccc2N(c2ccc(-c3cccc4c3oc3ccccc34)cc2)c2ccc3c(c2)sc2ccccc23)cc1. The Hall–Kier alpha value is -7.20. The lowest BCUT2D eigenvalue weighted by atomic mass is 9.88. The Bertz CT molecular complexity index is 3250. The van der Waals surface area contributed by atoms with Gasteiger partial charge in [0.25, 0.3) is 0 Å². The third-order valence-electron chi connectivity index (χ3n) is 11.1. The van der Waals surface area contributed by atoms with Crippen molar-refractivity contribution in [3.63, 3.8) is 0 Å². The summed E-state index contributed by atoms with van der Waals surface area (Å²) in [6.45, 7) is 0. The summed E-state index contributed by atoms with van der Waals surface area (Å²) in [7, 11) is 0. The minimum absolute atomic E-state index is 0.905. The highest BCUT2D eigenvalue weighted by Crippen LogP contribution is 2.47. The second-order valence-electron chi connectivity index (χ2n) is 14.4. The first-order chi connectivity index (χ1) is 28.3. The number of hydrogen-bond acceptors (Lipinski definition) is 3. The molecule has 268 valence electrons. The molecule has 57 heavy (non-hydrogen) atoms. The van der Waals surface area contributed by atoms with Crippen LogP contribution in [-0.4, -0.2) is 0 Å². The molecule has 0 aliphatic carbocycles. The van der Waals surface area contributed by atoms with Crippen LogP contribution in [-0.2, 0) is 0 Å². The molecule has 0 atom stereocenters. The Kier molecular flexibility index (Phi) is 8.04. The van der Waals surface area contributed by atoms with E-state index < -0.39 is 0 Å². The van der Waals surface area contributed by atoms with Crippen LogP contribution in [0.15, 0.2) is 217 Å². The van der Waals surface area contributed by atoms with Gasteiger partial charge in [0.15, 0.2) is 0 Å². The Balaban J connectivity index is 1.09. The molecule has 2 nitrogen and oxygen atoms in total. The van der Waals surface area contributed by atoms with Gasteiger partial charge >= 0.3 is 0 Å². The highest BCUT2D eigenvalue weighted by atomic mass is 32.1. The van der Waals surface area contributed by atoms with E-state index in [0.29, 0.717) is 0 Å². The molecule has 2 heterocycles.